The Morgan fingerprint density at radius 1 is 1.21 bits per heavy atom. The monoisotopic (exact) mass is 256 g/mol. The second-order valence-electron chi connectivity index (χ2n) is 4.27. The molecule has 0 spiro atoms. The third-order valence-corrected chi connectivity index (χ3v) is 2.74. The van der Waals surface area contributed by atoms with E-state index in [0.29, 0.717) is 18.7 Å². The average molecular weight is 256 g/mol. The zero-order valence-electron chi connectivity index (χ0n) is 10.8. The number of aromatic nitrogens is 2. The van der Waals surface area contributed by atoms with Crippen molar-refractivity contribution >= 4 is 5.91 Å². The van der Waals surface area contributed by atoms with Crippen molar-refractivity contribution in [3.05, 3.63) is 59.2 Å². The zero-order chi connectivity index (χ0) is 13.7. The van der Waals surface area contributed by atoms with Crippen LogP contribution in [-0.2, 0) is 13.1 Å². The molecule has 0 atom stereocenters. The highest BCUT2D eigenvalue weighted by atomic mass is 16.1. The lowest BCUT2D eigenvalue weighted by atomic mass is 10.1. The van der Waals surface area contributed by atoms with E-state index in [2.05, 4.69) is 15.3 Å². The lowest BCUT2D eigenvalue weighted by Crippen LogP contribution is -2.19. The van der Waals surface area contributed by atoms with Gasteiger partial charge in [-0.1, -0.05) is 18.2 Å². The van der Waals surface area contributed by atoms with Crippen molar-refractivity contribution in [3.8, 4) is 0 Å². The molecule has 19 heavy (non-hydrogen) atoms. The molecule has 1 aromatic carbocycles. The number of hydrogen-bond acceptors (Lipinski definition) is 4. The van der Waals surface area contributed by atoms with E-state index in [4.69, 9.17) is 5.73 Å². The van der Waals surface area contributed by atoms with Crippen LogP contribution in [0.15, 0.2) is 36.7 Å². The number of nitrogens with zero attached hydrogens (tertiary/aromatic N) is 2. The topological polar surface area (TPSA) is 80.9 Å². The second kappa shape index (κ2) is 6.06. The van der Waals surface area contributed by atoms with Gasteiger partial charge in [-0.3, -0.25) is 14.8 Å². The van der Waals surface area contributed by atoms with Crippen LogP contribution >= 0.6 is 0 Å². The van der Waals surface area contributed by atoms with E-state index < -0.39 is 5.91 Å². The number of nitrogens with two attached hydrogens (primary N) is 1. The normalized spacial score (nSPS) is 10.4. The molecule has 0 aliphatic heterocycles. The summed E-state index contributed by atoms with van der Waals surface area (Å²) in [5.41, 5.74) is 8.51. The predicted molar refractivity (Wildman–Crippen MR) is 72.3 cm³/mol. The van der Waals surface area contributed by atoms with Gasteiger partial charge in [0.05, 0.1) is 11.4 Å². The Morgan fingerprint density at radius 2 is 2.00 bits per heavy atom. The number of amides is 1. The number of nitrogens with one attached hydrogen (secondary N) is 1. The number of aryl methyl sites for hydroxylation is 1. The quantitative estimate of drug-likeness (QED) is 0.841. The number of hydrogen-bond donors (Lipinski definition) is 2. The van der Waals surface area contributed by atoms with Crippen LogP contribution in [0.4, 0.5) is 0 Å². The van der Waals surface area contributed by atoms with Gasteiger partial charge in [0.2, 0.25) is 5.91 Å². The maximum Gasteiger partial charge on any atom is 0.249 e. The van der Waals surface area contributed by atoms with Crippen LogP contribution in [0.2, 0.25) is 0 Å². The second-order valence-corrected chi connectivity index (χ2v) is 4.27. The highest BCUT2D eigenvalue weighted by molar-refractivity contribution is 5.94. The van der Waals surface area contributed by atoms with Gasteiger partial charge in [-0.05, 0) is 18.6 Å². The summed E-state index contributed by atoms with van der Waals surface area (Å²) in [4.78, 5) is 19.7. The summed E-state index contributed by atoms with van der Waals surface area (Å²) in [5, 5.41) is 3.22. The summed E-state index contributed by atoms with van der Waals surface area (Å²) in [6.07, 6.45) is 3.47. The van der Waals surface area contributed by atoms with Gasteiger partial charge in [-0.25, -0.2) is 0 Å². The van der Waals surface area contributed by atoms with Crippen molar-refractivity contribution in [2.75, 3.05) is 0 Å². The Kier molecular flexibility index (Phi) is 4.20. The minimum Gasteiger partial charge on any atom is -0.366 e. The molecule has 5 heteroatoms. The van der Waals surface area contributed by atoms with E-state index in [1.54, 1.807) is 24.5 Å². The number of primary amides is 1. The molecule has 5 nitrogen and oxygen atoms in total. The van der Waals surface area contributed by atoms with Crippen LogP contribution in [0.5, 0.6) is 0 Å². The van der Waals surface area contributed by atoms with Crippen molar-refractivity contribution < 1.29 is 4.79 Å². The van der Waals surface area contributed by atoms with Crippen LogP contribution in [0.25, 0.3) is 0 Å². The molecule has 98 valence electrons. The van der Waals surface area contributed by atoms with Crippen LogP contribution in [-0.4, -0.2) is 15.9 Å². The highest BCUT2D eigenvalue weighted by Gasteiger charge is 2.06. The van der Waals surface area contributed by atoms with Gasteiger partial charge in [0.15, 0.2) is 0 Å². The van der Waals surface area contributed by atoms with E-state index in [9.17, 15) is 4.79 Å². The fraction of sp³-hybridized carbons (Fsp3) is 0.214. The van der Waals surface area contributed by atoms with E-state index in [-0.39, 0.29) is 0 Å². The number of carbonyl (C=O) groups is 1. The van der Waals surface area contributed by atoms with Gasteiger partial charge in [0.25, 0.3) is 0 Å². The van der Waals surface area contributed by atoms with Crippen molar-refractivity contribution in [2.45, 2.75) is 20.0 Å². The lowest BCUT2D eigenvalue weighted by molar-refractivity contribution is 0.0999. The van der Waals surface area contributed by atoms with Crippen LogP contribution in [0.3, 0.4) is 0 Å². The summed E-state index contributed by atoms with van der Waals surface area (Å²) in [6.45, 7) is 3.06. The van der Waals surface area contributed by atoms with Gasteiger partial charge in [0, 0.05) is 31.0 Å². The van der Waals surface area contributed by atoms with Gasteiger partial charge in [0.1, 0.15) is 0 Å². The minimum absolute atomic E-state index is 0.410. The summed E-state index contributed by atoms with van der Waals surface area (Å²) < 4.78 is 0. The van der Waals surface area contributed by atoms with Crippen molar-refractivity contribution in [1.29, 1.82) is 0 Å². The molecular weight excluding hydrogens is 240 g/mol. The molecule has 0 aliphatic rings. The Labute approximate surface area is 111 Å². The minimum atomic E-state index is -0.410. The Balaban J connectivity index is 1.96. The summed E-state index contributed by atoms with van der Waals surface area (Å²) >= 11 is 0. The summed E-state index contributed by atoms with van der Waals surface area (Å²) in [6, 6.07) is 7.29. The molecule has 1 aromatic heterocycles. The molecule has 1 heterocycles. The summed E-state index contributed by atoms with van der Waals surface area (Å²) in [5.74, 6) is -0.410. The smallest absolute Gasteiger partial charge is 0.249 e. The first-order chi connectivity index (χ1) is 9.16. The van der Waals surface area contributed by atoms with Gasteiger partial charge in [-0.2, -0.15) is 0 Å². The molecule has 2 aromatic rings. The molecule has 0 saturated heterocycles. The number of benzene rings is 1. The van der Waals surface area contributed by atoms with Crippen molar-refractivity contribution in [3.63, 3.8) is 0 Å². The standard InChI is InChI=1S/C14H16N4O/c1-10-6-18-12(9-17-10)8-16-7-11-4-2-3-5-13(11)14(15)19/h2-6,9,16H,7-8H2,1H3,(H2,15,19). The third-order valence-electron chi connectivity index (χ3n) is 2.74. The summed E-state index contributed by atoms with van der Waals surface area (Å²) in [7, 11) is 0. The molecule has 2 rings (SSSR count). The Morgan fingerprint density at radius 3 is 2.68 bits per heavy atom. The molecule has 0 radical (unpaired) electrons. The molecule has 0 aliphatic carbocycles. The van der Waals surface area contributed by atoms with Gasteiger partial charge in [-0.15, -0.1) is 0 Å². The molecule has 0 fully saturated rings. The van der Waals surface area contributed by atoms with E-state index in [1.165, 1.54) is 0 Å². The number of carbonyl (C=O) groups excluding carboxylic acids is 1. The SMILES string of the molecule is Cc1cnc(CNCc2ccccc2C(N)=O)cn1. The fourth-order valence-electron chi connectivity index (χ4n) is 1.75. The Bertz CT molecular complexity index is 566. The molecule has 0 bridgehead atoms. The van der Waals surface area contributed by atoms with Crippen molar-refractivity contribution in [1.82, 2.24) is 15.3 Å². The molecular formula is C14H16N4O. The molecule has 3 N–H and O–H groups in total. The van der Waals surface area contributed by atoms with Crippen LogP contribution in [0.1, 0.15) is 27.3 Å². The first-order valence-corrected chi connectivity index (χ1v) is 6.03. The maximum absolute atomic E-state index is 11.3. The van der Waals surface area contributed by atoms with Crippen LogP contribution in [0, 0.1) is 6.92 Å². The average Bonchev–Trinajstić information content (AvgIpc) is 2.41. The maximum atomic E-state index is 11.3. The highest BCUT2D eigenvalue weighted by Crippen LogP contribution is 2.07. The number of rotatable bonds is 5. The van der Waals surface area contributed by atoms with E-state index in [1.807, 2.05) is 19.1 Å². The third kappa shape index (κ3) is 3.59. The first-order valence-electron chi connectivity index (χ1n) is 6.03. The lowest BCUT2D eigenvalue weighted by Gasteiger charge is -2.08. The van der Waals surface area contributed by atoms with Crippen LogP contribution < -0.4 is 11.1 Å². The van der Waals surface area contributed by atoms with E-state index >= 15 is 0 Å². The molecule has 1 amide bonds. The first kappa shape index (κ1) is 13.2. The van der Waals surface area contributed by atoms with Gasteiger partial charge < -0.3 is 11.1 Å². The van der Waals surface area contributed by atoms with E-state index in [0.717, 1.165) is 17.0 Å². The predicted octanol–water partition coefficient (Wildman–Crippen LogP) is 1.17. The fourth-order valence-corrected chi connectivity index (χ4v) is 1.75. The zero-order valence-corrected chi connectivity index (χ0v) is 10.8. The Hall–Kier alpha value is -2.27. The molecule has 0 saturated carbocycles. The largest absolute Gasteiger partial charge is 0.366 e. The van der Waals surface area contributed by atoms with Gasteiger partial charge >= 0.3 is 0 Å². The molecule has 0 unspecified atom stereocenters. The van der Waals surface area contributed by atoms with Crippen molar-refractivity contribution in [2.24, 2.45) is 5.73 Å².